The Balaban J connectivity index is 1.48. The van der Waals surface area contributed by atoms with Crippen molar-refractivity contribution in [3.63, 3.8) is 0 Å². The molecule has 1 amide bonds. The number of nitriles is 1. The van der Waals surface area contributed by atoms with E-state index in [1.807, 2.05) is 48.5 Å². The van der Waals surface area contributed by atoms with Crippen LogP contribution >= 0.6 is 11.3 Å². The van der Waals surface area contributed by atoms with E-state index in [9.17, 15) is 10.1 Å². The van der Waals surface area contributed by atoms with Crippen LogP contribution in [0.1, 0.15) is 33.2 Å². The molecule has 5 rings (SSSR count). The second-order valence-corrected chi connectivity index (χ2v) is 9.75. The van der Waals surface area contributed by atoms with Gasteiger partial charge in [-0.1, -0.05) is 67.2 Å². The number of thiophene rings is 1. The number of benzene rings is 2. The molecule has 7 heteroatoms. The van der Waals surface area contributed by atoms with Crippen molar-refractivity contribution in [1.82, 2.24) is 9.88 Å². The van der Waals surface area contributed by atoms with Crippen LogP contribution in [-0.2, 0) is 29.1 Å². The van der Waals surface area contributed by atoms with Crippen LogP contribution in [0.25, 0.3) is 10.2 Å². The Morgan fingerprint density at radius 3 is 2.69 bits per heavy atom. The summed E-state index contributed by atoms with van der Waals surface area (Å²) in [6.45, 7) is 5.70. The van der Waals surface area contributed by atoms with Gasteiger partial charge in [-0.25, -0.2) is 4.98 Å². The van der Waals surface area contributed by atoms with Gasteiger partial charge >= 0.3 is 0 Å². The number of fused-ring (bicyclic) bond motifs is 3. The van der Waals surface area contributed by atoms with Gasteiger partial charge in [-0.2, -0.15) is 5.26 Å². The van der Waals surface area contributed by atoms with E-state index in [0.29, 0.717) is 38.3 Å². The Morgan fingerprint density at radius 1 is 1.22 bits per heavy atom. The van der Waals surface area contributed by atoms with E-state index in [-0.39, 0.29) is 11.9 Å². The molecule has 0 bridgehead atoms. The number of nitrogens with one attached hydrogen (secondary N) is 1. The van der Waals surface area contributed by atoms with Crippen molar-refractivity contribution >= 4 is 33.1 Å². The van der Waals surface area contributed by atoms with Crippen LogP contribution < -0.4 is 5.32 Å². The van der Waals surface area contributed by atoms with E-state index < -0.39 is 0 Å². The zero-order chi connectivity index (χ0) is 24.9. The van der Waals surface area contributed by atoms with Crippen molar-refractivity contribution in [3.8, 4) is 6.07 Å². The van der Waals surface area contributed by atoms with Gasteiger partial charge in [-0.3, -0.25) is 4.79 Å². The molecule has 6 nitrogen and oxygen atoms in total. The normalized spacial score (nSPS) is 13.6. The number of hydrogen-bond donors (Lipinski definition) is 1. The minimum atomic E-state index is -0.161. The maximum atomic E-state index is 12.2. The number of amides is 1. The fraction of sp³-hybridized carbons (Fsp3) is 0.207. The Kier molecular flexibility index (Phi) is 7.08. The predicted molar refractivity (Wildman–Crippen MR) is 143 cm³/mol. The largest absolute Gasteiger partial charge is 0.374 e. The van der Waals surface area contributed by atoms with Crippen LogP contribution in [0, 0.1) is 11.3 Å². The number of anilines is 1. The van der Waals surface area contributed by atoms with Gasteiger partial charge in [0.05, 0.1) is 37.1 Å². The highest BCUT2D eigenvalue weighted by atomic mass is 32.1. The molecule has 1 atom stereocenters. The average molecular weight is 495 g/mol. The third-order valence-electron chi connectivity index (χ3n) is 6.39. The van der Waals surface area contributed by atoms with E-state index in [0.717, 1.165) is 37.5 Å². The van der Waals surface area contributed by atoms with Crippen molar-refractivity contribution in [1.29, 1.82) is 5.26 Å². The van der Waals surface area contributed by atoms with E-state index in [2.05, 4.69) is 35.1 Å². The highest BCUT2D eigenvalue weighted by Gasteiger charge is 2.27. The van der Waals surface area contributed by atoms with Crippen LogP contribution in [0.3, 0.4) is 0 Å². The fourth-order valence-electron chi connectivity index (χ4n) is 4.56. The first-order valence-electron chi connectivity index (χ1n) is 11.9. The number of rotatable bonds is 8. The Labute approximate surface area is 214 Å². The maximum absolute atomic E-state index is 12.2. The van der Waals surface area contributed by atoms with E-state index in [1.165, 1.54) is 6.08 Å². The number of carbonyl (C=O) groups is 1. The van der Waals surface area contributed by atoms with Gasteiger partial charge in [-0.15, -0.1) is 11.3 Å². The van der Waals surface area contributed by atoms with Crippen molar-refractivity contribution in [2.24, 2.45) is 0 Å². The molecule has 2 aromatic carbocycles. The Hall–Kier alpha value is -3.99. The van der Waals surface area contributed by atoms with Crippen molar-refractivity contribution in [2.45, 2.75) is 25.6 Å². The lowest BCUT2D eigenvalue weighted by atomic mass is 10.0. The summed E-state index contributed by atoms with van der Waals surface area (Å²) < 4.78 is 6.13. The van der Waals surface area contributed by atoms with Crippen LogP contribution in [0.4, 0.5) is 5.69 Å². The van der Waals surface area contributed by atoms with Crippen LogP contribution in [0.5, 0.6) is 0 Å². The van der Waals surface area contributed by atoms with Crippen molar-refractivity contribution in [2.75, 3.05) is 18.5 Å². The summed E-state index contributed by atoms with van der Waals surface area (Å²) >= 11 is 1.58. The van der Waals surface area contributed by atoms with E-state index in [1.54, 1.807) is 22.4 Å². The number of hydrogen-bond acceptors (Lipinski definition) is 6. The lowest BCUT2D eigenvalue weighted by Crippen LogP contribution is -2.34. The molecule has 1 aliphatic rings. The molecular weight excluding hydrogens is 468 g/mol. The smallest absolute Gasteiger partial charge is 0.246 e. The maximum Gasteiger partial charge on any atom is 0.246 e. The molecule has 0 aliphatic carbocycles. The summed E-state index contributed by atoms with van der Waals surface area (Å²) in [6, 6.07) is 22.4. The Bertz CT molecular complexity index is 1430. The van der Waals surface area contributed by atoms with E-state index >= 15 is 0 Å². The summed E-state index contributed by atoms with van der Waals surface area (Å²) in [4.78, 5) is 20.6. The molecule has 3 heterocycles. The molecule has 0 fully saturated rings. The molecule has 0 spiro atoms. The molecular formula is C29H26N4O2S. The molecule has 0 saturated heterocycles. The second kappa shape index (κ2) is 10.7. The van der Waals surface area contributed by atoms with E-state index in [4.69, 9.17) is 4.74 Å². The first-order valence-corrected chi connectivity index (χ1v) is 12.7. The summed E-state index contributed by atoms with van der Waals surface area (Å²) in [6.07, 6.45) is 3.70. The van der Waals surface area contributed by atoms with Crippen LogP contribution in [0.15, 0.2) is 79.5 Å². The number of pyridine rings is 1. The van der Waals surface area contributed by atoms with Gasteiger partial charge in [-0.05, 0) is 29.2 Å². The molecule has 1 N–H and O–H groups in total. The SMILES string of the molecule is C=CC(=O)N1CCc2c(sc3ncc(C#N)c(NC(COCc4ccccc4)c4ccccc4)c23)C1. The average Bonchev–Trinajstić information content (AvgIpc) is 3.31. The topological polar surface area (TPSA) is 78.2 Å². The van der Waals surface area contributed by atoms with Gasteiger partial charge in [0, 0.05) is 23.0 Å². The lowest BCUT2D eigenvalue weighted by Gasteiger charge is -2.26. The van der Waals surface area contributed by atoms with Gasteiger partial charge in [0.1, 0.15) is 10.9 Å². The summed E-state index contributed by atoms with van der Waals surface area (Å²) in [5.41, 5.74) is 4.62. The standard InChI is InChI=1S/C29H26N4O2S/c1-2-26(34)33-14-13-23-25(17-33)36-29-27(23)28(22(15-30)16-31-29)32-24(21-11-7-4-8-12-21)19-35-18-20-9-5-3-6-10-20/h2-12,16,24H,1,13-14,17-19H2,(H,31,32). The zero-order valence-corrected chi connectivity index (χ0v) is 20.6. The number of ether oxygens (including phenoxy) is 1. The lowest BCUT2D eigenvalue weighted by molar-refractivity contribution is -0.126. The molecule has 2 aromatic heterocycles. The first kappa shape index (κ1) is 23.7. The van der Waals surface area contributed by atoms with Crippen molar-refractivity contribution < 1.29 is 9.53 Å². The quantitative estimate of drug-likeness (QED) is 0.322. The van der Waals surface area contributed by atoms with Gasteiger partial charge in [0.2, 0.25) is 5.91 Å². The first-order chi connectivity index (χ1) is 17.7. The van der Waals surface area contributed by atoms with Crippen molar-refractivity contribution in [3.05, 3.63) is 107 Å². The second-order valence-electron chi connectivity index (χ2n) is 8.66. The summed E-state index contributed by atoms with van der Waals surface area (Å²) in [5, 5.41) is 14.6. The van der Waals surface area contributed by atoms with Gasteiger partial charge < -0.3 is 15.0 Å². The van der Waals surface area contributed by atoms with Crippen LogP contribution in [0.2, 0.25) is 0 Å². The number of carbonyl (C=O) groups excluding carboxylic acids is 1. The molecule has 36 heavy (non-hydrogen) atoms. The highest BCUT2D eigenvalue weighted by Crippen LogP contribution is 2.40. The number of aromatic nitrogens is 1. The highest BCUT2D eigenvalue weighted by molar-refractivity contribution is 7.19. The molecule has 1 aliphatic heterocycles. The molecule has 1 unspecified atom stereocenters. The summed E-state index contributed by atoms with van der Waals surface area (Å²) in [7, 11) is 0. The zero-order valence-electron chi connectivity index (χ0n) is 19.8. The molecule has 180 valence electrons. The minimum absolute atomic E-state index is 0.0677. The molecule has 0 radical (unpaired) electrons. The molecule has 4 aromatic rings. The van der Waals surface area contributed by atoms with Crippen LogP contribution in [-0.4, -0.2) is 28.9 Å². The Morgan fingerprint density at radius 2 is 1.97 bits per heavy atom. The predicted octanol–water partition coefficient (Wildman–Crippen LogP) is 5.61. The third-order valence-corrected chi connectivity index (χ3v) is 7.52. The van der Waals surface area contributed by atoms with Gasteiger partial charge in [0.25, 0.3) is 0 Å². The fourth-order valence-corrected chi connectivity index (χ4v) is 5.78. The monoisotopic (exact) mass is 494 g/mol. The minimum Gasteiger partial charge on any atom is -0.374 e. The van der Waals surface area contributed by atoms with Gasteiger partial charge in [0.15, 0.2) is 0 Å². The third kappa shape index (κ3) is 4.87. The number of nitrogens with zero attached hydrogens (tertiary/aromatic N) is 3. The summed E-state index contributed by atoms with van der Waals surface area (Å²) in [5.74, 6) is -0.0677. The molecule has 0 saturated carbocycles.